The first-order chi connectivity index (χ1) is 9.25. The van der Waals surface area contributed by atoms with Crippen LogP contribution in [0.4, 0.5) is 0 Å². The fourth-order valence-corrected chi connectivity index (χ4v) is 2.29. The van der Waals surface area contributed by atoms with Gasteiger partial charge in [0.2, 0.25) is 5.69 Å². The van der Waals surface area contributed by atoms with Gasteiger partial charge in [0.15, 0.2) is 6.20 Å². The largest absolute Gasteiger partial charge is 0.464 e. The van der Waals surface area contributed by atoms with Crippen molar-refractivity contribution in [2.45, 2.75) is 6.92 Å². The highest BCUT2D eigenvalue weighted by molar-refractivity contribution is 5.67. The summed E-state index contributed by atoms with van der Waals surface area (Å²) < 4.78 is 7.60. The van der Waals surface area contributed by atoms with Crippen molar-refractivity contribution in [1.82, 2.24) is 0 Å². The van der Waals surface area contributed by atoms with Crippen molar-refractivity contribution in [3.8, 4) is 22.6 Å². The van der Waals surface area contributed by atoms with Crippen molar-refractivity contribution in [2.75, 3.05) is 0 Å². The van der Waals surface area contributed by atoms with Crippen LogP contribution in [-0.4, -0.2) is 0 Å². The Morgan fingerprint density at radius 2 is 1.84 bits per heavy atom. The van der Waals surface area contributed by atoms with Gasteiger partial charge >= 0.3 is 0 Å². The topological polar surface area (TPSA) is 17.0 Å². The van der Waals surface area contributed by atoms with Gasteiger partial charge < -0.3 is 4.42 Å². The predicted octanol–water partition coefficient (Wildman–Crippen LogP) is 3.75. The van der Waals surface area contributed by atoms with Crippen LogP contribution in [0.5, 0.6) is 0 Å². The number of aromatic nitrogens is 1. The quantitative estimate of drug-likeness (QED) is 0.633. The van der Waals surface area contributed by atoms with Gasteiger partial charge in [0, 0.05) is 23.3 Å². The van der Waals surface area contributed by atoms with Crippen molar-refractivity contribution in [3.63, 3.8) is 0 Å². The van der Waals surface area contributed by atoms with E-state index in [0.717, 1.165) is 11.3 Å². The van der Waals surface area contributed by atoms with Crippen molar-refractivity contribution in [1.29, 1.82) is 0 Å². The molecule has 2 aromatic heterocycles. The maximum atomic E-state index is 5.47. The van der Waals surface area contributed by atoms with E-state index in [0.29, 0.717) is 0 Å². The molecular formula is C17H16NO+. The summed E-state index contributed by atoms with van der Waals surface area (Å²) in [5.41, 5.74) is 4.81. The summed E-state index contributed by atoms with van der Waals surface area (Å²) in [6.45, 7) is 2.13. The summed E-state index contributed by atoms with van der Waals surface area (Å²) >= 11 is 0. The molecule has 3 aromatic rings. The lowest BCUT2D eigenvalue weighted by molar-refractivity contribution is -0.660. The molecule has 19 heavy (non-hydrogen) atoms. The van der Waals surface area contributed by atoms with Gasteiger partial charge in [-0.15, -0.1) is 0 Å². The van der Waals surface area contributed by atoms with Crippen LogP contribution in [0, 0.1) is 6.92 Å². The first-order valence-electron chi connectivity index (χ1n) is 6.35. The maximum absolute atomic E-state index is 5.47. The number of benzene rings is 1. The molecule has 0 radical (unpaired) electrons. The lowest BCUT2D eigenvalue weighted by Crippen LogP contribution is -2.30. The van der Waals surface area contributed by atoms with Crippen LogP contribution in [0.15, 0.2) is 65.4 Å². The van der Waals surface area contributed by atoms with Crippen LogP contribution in [0.3, 0.4) is 0 Å². The van der Waals surface area contributed by atoms with E-state index in [1.807, 2.05) is 12.1 Å². The van der Waals surface area contributed by atoms with E-state index in [2.05, 4.69) is 61.1 Å². The van der Waals surface area contributed by atoms with Gasteiger partial charge in [-0.1, -0.05) is 18.2 Å². The van der Waals surface area contributed by atoms with E-state index in [4.69, 9.17) is 4.42 Å². The van der Waals surface area contributed by atoms with Crippen LogP contribution in [-0.2, 0) is 7.05 Å². The van der Waals surface area contributed by atoms with Crippen LogP contribution in [0.2, 0.25) is 0 Å². The smallest absolute Gasteiger partial charge is 0.213 e. The third-order valence-electron chi connectivity index (χ3n) is 3.38. The molecule has 2 heterocycles. The summed E-state index contributed by atoms with van der Waals surface area (Å²) in [6, 6.07) is 16.6. The van der Waals surface area contributed by atoms with E-state index in [1.54, 1.807) is 6.26 Å². The van der Waals surface area contributed by atoms with E-state index >= 15 is 0 Å². The molecule has 0 atom stereocenters. The number of aryl methyl sites for hydroxylation is 2. The minimum atomic E-state index is 0.899. The Kier molecular flexibility index (Phi) is 2.92. The predicted molar refractivity (Wildman–Crippen MR) is 75.5 cm³/mol. The van der Waals surface area contributed by atoms with Gasteiger partial charge in [-0.2, -0.15) is 0 Å². The van der Waals surface area contributed by atoms with Gasteiger partial charge in [0.1, 0.15) is 12.8 Å². The van der Waals surface area contributed by atoms with E-state index in [1.165, 1.54) is 16.8 Å². The first kappa shape index (κ1) is 11.7. The molecule has 0 bridgehead atoms. The van der Waals surface area contributed by atoms with Gasteiger partial charge in [-0.25, -0.2) is 4.57 Å². The lowest BCUT2D eigenvalue weighted by Gasteiger charge is -2.05. The molecule has 0 unspecified atom stereocenters. The lowest BCUT2D eigenvalue weighted by atomic mass is 10.0. The Morgan fingerprint density at radius 3 is 2.58 bits per heavy atom. The Bertz CT molecular complexity index is 699. The molecule has 0 spiro atoms. The molecule has 1 aromatic carbocycles. The highest BCUT2D eigenvalue weighted by atomic mass is 16.3. The minimum Gasteiger partial charge on any atom is -0.464 e. The SMILES string of the molecule is Cc1ccccc1-c1cc(-c2ccco2)cc[n+]1C. The van der Waals surface area contributed by atoms with Gasteiger partial charge in [-0.3, -0.25) is 0 Å². The molecule has 0 amide bonds. The molecule has 0 fully saturated rings. The third-order valence-corrected chi connectivity index (χ3v) is 3.38. The number of nitrogens with zero attached hydrogens (tertiary/aromatic N) is 1. The van der Waals surface area contributed by atoms with Gasteiger partial charge in [0.05, 0.1) is 6.26 Å². The highest BCUT2D eigenvalue weighted by Gasteiger charge is 2.14. The number of hydrogen-bond donors (Lipinski definition) is 0. The van der Waals surface area contributed by atoms with E-state index in [-0.39, 0.29) is 0 Å². The van der Waals surface area contributed by atoms with Crippen molar-refractivity contribution in [3.05, 3.63) is 66.6 Å². The average molecular weight is 250 g/mol. The zero-order chi connectivity index (χ0) is 13.2. The molecule has 0 aliphatic heterocycles. The van der Waals surface area contributed by atoms with E-state index in [9.17, 15) is 0 Å². The zero-order valence-corrected chi connectivity index (χ0v) is 11.1. The van der Waals surface area contributed by atoms with Gasteiger partial charge in [0.25, 0.3) is 0 Å². The monoisotopic (exact) mass is 250 g/mol. The Balaban J connectivity index is 2.17. The second-order valence-corrected chi connectivity index (χ2v) is 4.70. The first-order valence-corrected chi connectivity index (χ1v) is 6.35. The summed E-state index contributed by atoms with van der Waals surface area (Å²) in [6.07, 6.45) is 3.77. The summed E-state index contributed by atoms with van der Waals surface area (Å²) in [5, 5.41) is 0. The molecule has 94 valence electrons. The van der Waals surface area contributed by atoms with Crippen molar-refractivity contribution in [2.24, 2.45) is 7.05 Å². The second-order valence-electron chi connectivity index (χ2n) is 4.70. The number of furan rings is 1. The summed E-state index contributed by atoms with van der Waals surface area (Å²) in [5.74, 6) is 0.899. The molecule has 0 aliphatic rings. The van der Waals surface area contributed by atoms with E-state index < -0.39 is 0 Å². The number of hydrogen-bond acceptors (Lipinski definition) is 1. The highest BCUT2D eigenvalue weighted by Crippen LogP contribution is 2.25. The third kappa shape index (κ3) is 2.17. The molecule has 2 heteroatoms. The van der Waals surface area contributed by atoms with Crippen LogP contribution >= 0.6 is 0 Å². The standard InChI is InChI=1S/C17H16NO/c1-13-6-3-4-7-15(13)16-12-14(9-10-18(16)2)17-8-5-11-19-17/h3-12H,1-2H3/q+1. The summed E-state index contributed by atoms with van der Waals surface area (Å²) in [4.78, 5) is 0. The van der Waals surface area contributed by atoms with Crippen LogP contribution in [0.25, 0.3) is 22.6 Å². The van der Waals surface area contributed by atoms with Crippen molar-refractivity contribution < 1.29 is 8.98 Å². The Morgan fingerprint density at radius 1 is 1.00 bits per heavy atom. The fraction of sp³-hybridized carbons (Fsp3) is 0.118. The van der Waals surface area contributed by atoms with Gasteiger partial charge in [-0.05, 0) is 30.7 Å². The van der Waals surface area contributed by atoms with Crippen LogP contribution in [0.1, 0.15) is 5.56 Å². The minimum absolute atomic E-state index is 0.899. The molecule has 0 saturated heterocycles. The normalized spacial score (nSPS) is 10.6. The Hall–Kier alpha value is -2.35. The molecule has 0 N–H and O–H groups in total. The second kappa shape index (κ2) is 4.73. The fourth-order valence-electron chi connectivity index (χ4n) is 2.29. The molecule has 0 saturated carbocycles. The molecular weight excluding hydrogens is 234 g/mol. The number of rotatable bonds is 2. The maximum Gasteiger partial charge on any atom is 0.213 e. The molecule has 3 rings (SSSR count). The molecule has 2 nitrogen and oxygen atoms in total. The van der Waals surface area contributed by atoms with Crippen molar-refractivity contribution >= 4 is 0 Å². The molecule has 0 aliphatic carbocycles. The summed E-state index contributed by atoms with van der Waals surface area (Å²) in [7, 11) is 2.06. The Labute approximate surface area is 112 Å². The zero-order valence-electron chi connectivity index (χ0n) is 11.1. The number of pyridine rings is 1. The van der Waals surface area contributed by atoms with Crippen LogP contribution < -0.4 is 4.57 Å². The average Bonchev–Trinajstić information content (AvgIpc) is 2.94.